The first-order chi connectivity index (χ1) is 16.7. The number of nitrogens with zero attached hydrogens (tertiary/aromatic N) is 2. The van der Waals surface area contributed by atoms with Crippen molar-refractivity contribution in [2.75, 3.05) is 26.2 Å². The zero-order valence-corrected chi connectivity index (χ0v) is 19.9. The second-order valence-corrected chi connectivity index (χ2v) is 8.44. The number of ether oxygens (including phenoxy) is 1. The molecule has 2 atom stereocenters. The number of hydrogen-bond donors (Lipinski definition) is 0. The van der Waals surface area contributed by atoms with Crippen LogP contribution in [0.3, 0.4) is 0 Å². The summed E-state index contributed by atoms with van der Waals surface area (Å²) in [5.74, 6) is -1.02. The standard InChI is InChI=1S/C29H32N2O3/c1-3-31(4-2)19-20-33-29(32)27(28-24-17-11-12-18-26(24)34-30-28)25(23-15-9-6-10-16-23)21-22-13-7-5-8-14-22/h5-18,25,27H,3-4,19-21H2,1-2H3. The number of aromatic nitrogens is 1. The lowest BCUT2D eigenvalue weighted by Gasteiger charge is -2.26. The molecule has 3 aromatic carbocycles. The summed E-state index contributed by atoms with van der Waals surface area (Å²) in [5.41, 5.74) is 3.53. The van der Waals surface area contributed by atoms with Gasteiger partial charge in [-0.25, -0.2) is 0 Å². The normalized spacial score (nSPS) is 13.1. The maximum Gasteiger partial charge on any atom is 0.315 e. The summed E-state index contributed by atoms with van der Waals surface area (Å²) in [6.45, 7) is 7.12. The zero-order valence-electron chi connectivity index (χ0n) is 19.9. The quantitative estimate of drug-likeness (QED) is 0.266. The minimum atomic E-state index is -0.594. The maximum atomic E-state index is 13.7. The molecule has 4 aromatic rings. The van der Waals surface area contributed by atoms with Gasteiger partial charge >= 0.3 is 5.97 Å². The van der Waals surface area contributed by atoms with Crippen molar-refractivity contribution in [2.45, 2.75) is 32.1 Å². The molecule has 0 radical (unpaired) electrons. The number of carbonyl (C=O) groups excluding carboxylic acids is 1. The molecular formula is C29H32N2O3. The summed E-state index contributed by atoms with van der Waals surface area (Å²) >= 11 is 0. The second-order valence-electron chi connectivity index (χ2n) is 8.44. The van der Waals surface area contributed by atoms with E-state index in [-0.39, 0.29) is 11.9 Å². The van der Waals surface area contributed by atoms with E-state index >= 15 is 0 Å². The molecule has 5 nitrogen and oxygen atoms in total. The van der Waals surface area contributed by atoms with Crippen molar-refractivity contribution in [1.82, 2.24) is 10.1 Å². The van der Waals surface area contributed by atoms with E-state index in [1.54, 1.807) is 0 Å². The molecule has 0 aliphatic heterocycles. The Morgan fingerprint density at radius 1 is 0.912 bits per heavy atom. The highest BCUT2D eigenvalue weighted by atomic mass is 16.5. The molecule has 0 N–H and O–H groups in total. The Labute approximate surface area is 201 Å². The first kappa shape index (κ1) is 23.7. The molecule has 0 spiro atoms. The van der Waals surface area contributed by atoms with Gasteiger partial charge in [0.2, 0.25) is 0 Å². The van der Waals surface area contributed by atoms with Gasteiger partial charge in [0.1, 0.15) is 18.2 Å². The minimum Gasteiger partial charge on any atom is -0.464 e. The molecule has 1 aromatic heterocycles. The molecular weight excluding hydrogens is 424 g/mol. The fraction of sp³-hybridized carbons (Fsp3) is 0.310. The predicted molar refractivity (Wildman–Crippen MR) is 135 cm³/mol. The van der Waals surface area contributed by atoms with Crippen LogP contribution in [0.15, 0.2) is 89.5 Å². The summed E-state index contributed by atoms with van der Waals surface area (Å²) in [5, 5.41) is 5.24. The average Bonchev–Trinajstić information content (AvgIpc) is 3.31. The Balaban J connectivity index is 1.73. The van der Waals surface area contributed by atoms with Crippen LogP contribution >= 0.6 is 0 Å². The molecule has 0 fully saturated rings. The van der Waals surface area contributed by atoms with Gasteiger partial charge in [-0.3, -0.25) is 4.79 Å². The van der Waals surface area contributed by atoms with Crippen LogP contribution in [0.4, 0.5) is 0 Å². The molecule has 0 bridgehead atoms. The van der Waals surface area contributed by atoms with Gasteiger partial charge in [-0.2, -0.15) is 0 Å². The zero-order chi connectivity index (χ0) is 23.8. The smallest absolute Gasteiger partial charge is 0.315 e. The van der Waals surface area contributed by atoms with Gasteiger partial charge in [-0.15, -0.1) is 0 Å². The molecule has 4 rings (SSSR count). The van der Waals surface area contributed by atoms with Crippen LogP contribution in [-0.4, -0.2) is 42.3 Å². The average molecular weight is 457 g/mol. The lowest BCUT2D eigenvalue weighted by Crippen LogP contribution is -2.30. The predicted octanol–water partition coefficient (Wildman–Crippen LogP) is 5.82. The summed E-state index contributed by atoms with van der Waals surface area (Å²) in [4.78, 5) is 16.0. The van der Waals surface area contributed by atoms with Crippen molar-refractivity contribution in [3.63, 3.8) is 0 Å². The molecule has 0 saturated heterocycles. The molecule has 0 aliphatic rings. The van der Waals surface area contributed by atoms with Gasteiger partial charge in [0.05, 0.1) is 0 Å². The Kier molecular flexibility index (Phi) is 8.10. The Morgan fingerprint density at radius 2 is 1.56 bits per heavy atom. The first-order valence-electron chi connectivity index (χ1n) is 12.0. The highest BCUT2D eigenvalue weighted by Crippen LogP contribution is 2.39. The monoisotopic (exact) mass is 456 g/mol. The van der Waals surface area contributed by atoms with Gasteiger partial charge < -0.3 is 14.2 Å². The highest BCUT2D eigenvalue weighted by Gasteiger charge is 2.36. The van der Waals surface area contributed by atoms with Gasteiger partial charge in [0.15, 0.2) is 5.58 Å². The third-order valence-corrected chi connectivity index (χ3v) is 6.43. The van der Waals surface area contributed by atoms with Crippen LogP contribution in [-0.2, 0) is 16.0 Å². The first-order valence-corrected chi connectivity index (χ1v) is 12.0. The number of hydrogen-bond acceptors (Lipinski definition) is 5. The molecule has 0 amide bonds. The van der Waals surface area contributed by atoms with E-state index in [0.29, 0.717) is 30.8 Å². The van der Waals surface area contributed by atoms with Crippen molar-refractivity contribution in [1.29, 1.82) is 0 Å². The van der Waals surface area contributed by atoms with Gasteiger partial charge in [-0.1, -0.05) is 91.8 Å². The third kappa shape index (κ3) is 5.54. The van der Waals surface area contributed by atoms with Gasteiger partial charge in [0.25, 0.3) is 0 Å². The second kappa shape index (κ2) is 11.6. The van der Waals surface area contributed by atoms with Crippen molar-refractivity contribution in [2.24, 2.45) is 0 Å². The van der Waals surface area contributed by atoms with Crippen LogP contribution in [0.5, 0.6) is 0 Å². The SMILES string of the molecule is CCN(CC)CCOC(=O)C(c1noc2ccccc12)C(Cc1ccccc1)c1ccccc1. The number of likely N-dealkylation sites (N-methyl/N-ethyl adjacent to an activating group) is 1. The lowest BCUT2D eigenvalue weighted by molar-refractivity contribution is -0.146. The summed E-state index contributed by atoms with van der Waals surface area (Å²) < 4.78 is 11.5. The van der Waals surface area contributed by atoms with E-state index < -0.39 is 5.92 Å². The summed E-state index contributed by atoms with van der Waals surface area (Å²) in [6, 6.07) is 28.1. The van der Waals surface area contributed by atoms with Crippen LogP contribution in [0.1, 0.15) is 42.5 Å². The molecule has 2 unspecified atom stereocenters. The van der Waals surface area contributed by atoms with E-state index in [9.17, 15) is 4.79 Å². The molecule has 0 saturated carbocycles. The van der Waals surface area contributed by atoms with E-state index in [1.165, 1.54) is 0 Å². The largest absolute Gasteiger partial charge is 0.464 e. The van der Waals surface area contributed by atoms with Crippen molar-refractivity contribution in [3.8, 4) is 0 Å². The van der Waals surface area contributed by atoms with E-state index in [1.807, 2.05) is 60.7 Å². The van der Waals surface area contributed by atoms with Crippen LogP contribution in [0, 0.1) is 0 Å². The number of rotatable bonds is 11. The van der Waals surface area contributed by atoms with Crippen LogP contribution in [0.25, 0.3) is 11.0 Å². The maximum absolute atomic E-state index is 13.7. The summed E-state index contributed by atoms with van der Waals surface area (Å²) in [6.07, 6.45) is 0.682. The number of para-hydroxylation sites is 1. The van der Waals surface area contributed by atoms with Gasteiger partial charge in [0, 0.05) is 17.8 Å². The number of carbonyl (C=O) groups is 1. The van der Waals surface area contributed by atoms with Crippen molar-refractivity contribution >= 4 is 16.9 Å². The highest BCUT2D eigenvalue weighted by molar-refractivity contribution is 5.88. The minimum absolute atomic E-state index is 0.155. The summed E-state index contributed by atoms with van der Waals surface area (Å²) in [7, 11) is 0. The van der Waals surface area contributed by atoms with Crippen molar-refractivity contribution < 1.29 is 14.1 Å². The van der Waals surface area contributed by atoms with Gasteiger partial charge in [-0.05, 0) is 42.8 Å². The third-order valence-electron chi connectivity index (χ3n) is 6.43. The Morgan fingerprint density at radius 3 is 2.26 bits per heavy atom. The van der Waals surface area contributed by atoms with Crippen LogP contribution < -0.4 is 0 Å². The van der Waals surface area contributed by atoms with E-state index in [2.05, 4.69) is 48.2 Å². The Hall–Kier alpha value is -3.44. The number of esters is 1. The van der Waals surface area contributed by atoms with E-state index in [0.717, 1.165) is 29.6 Å². The fourth-order valence-electron chi connectivity index (χ4n) is 4.50. The molecule has 176 valence electrons. The van der Waals surface area contributed by atoms with E-state index in [4.69, 9.17) is 9.26 Å². The number of fused-ring (bicyclic) bond motifs is 1. The number of benzene rings is 3. The fourth-order valence-corrected chi connectivity index (χ4v) is 4.50. The Bertz CT molecular complexity index is 1170. The van der Waals surface area contributed by atoms with Crippen LogP contribution in [0.2, 0.25) is 0 Å². The topological polar surface area (TPSA) is 55.6 Å². The molecule has 34 heavy (non-hydrogen) atoms. The molecule has 5 heteroatoms. The molecule has 0 aliphatic carbocycles. The molecule has 1 heterocycles. The van der Waals surface area contributed by atoms with Crippen molar-refractivity contribution in [3.05, 3.63) is 102 Å². The lowest BCUT2D eigenvalue weighted by atomic mass is 9.79.